The lowest BCUT2D eigenvalue weighted by Crippen LogP contribution is -2.49. The molecule has 0 aliphatic carbocycles. The number of carbonyl (C=O) groups is 1. The van der Waals surface area contributed by atoms with Gasteiger partial charge in [0.15, 0.2) is 0 Å². The number of rotatable bonds is 3. The van der Waals surface area contributed by atoms with Crippen LogP contribution in [0, 0.1) is 19.7 Å². The van der Waals surface area contributed by atoms with Crippen molar-refractivity contribution in [2.45, 2.75) is 13.8 Å². The fraction of sp³-hybridized carbons (Fsp3) is 0.214. The molecule has 166 valence electrons. The van der Waals surface area contributed by atoms with Gasteiger partial charge in [0, 0.05) is 37.1 Å². The lowest BCUT2D eigenvalue weighted by Gasteiger charge is -2.36. The first kappa shape index (κ1) is 21.1. The van der Waals surface area contributed by atoms with Crippen molar-refractivity contribution in [3.63, 3.8) is 0 Å². The smallest absolute Gasteiger partial charge is 0.255 e. The van der Waals surface area contributed by atoms with Crippen molar-refractivity contribution in [1.29, 1.82) is 0 Å². The number of hydrogen-bond acceptors (Lipinski definition) is 3. The first-order valence-corrected chi connectivity index (χ1v) is 11.3. The molecule has 0 N–H and O–H groups in total. The lowest BCUT2D eigenvalue weighted by atomic mass is 9.96. The van der Waals surface area contributed by atoms with Gasteiger partial charge in [0.2, 0.25) is 0 Å². The number of benzene rings is 3. The number of nitrogens with zero attached hydrogens (tertiary/aromatic N) is 3. The van der Waals surface area contributed by atoms with Crippen LogP contribution in [-0.2, 0) is 0 Å². The van der Waals surface area contributed by atoms with Crippen LogP contribution >= 0.6 is 0 Å². The quantitative estimate of drug-likeness (QED) is 0.416. The zero-order valence-corrected chi connectivity index (χ0v) is 18.9. The van der Waals surface area contributed by atoms with E-state index in [1.807, 2.05) is 47.1 Å². The summed E-state index contributed by atoms with van der Waals surface area (Å²) in [5.41, 5.74) is 6.02. The molecular formula is C28H26FN3O. The van der Waals surface area contributed by atoms with E-state index < -0.39 is 0 Å². The Labute approximate surface area is 193 Å². The summed E-state index contributed by atoms with van der Waals surface area (Å²) < 4.78 is 14.2. The molecule has 0 saturated carbocycles. The van der Waals surface area contributed by atoms with Gasteiger partial charge in [0.25, 0.3) is 5.91 Å². The van der Waals surface area contributed by atoms with Crippen LogP contribution in [-0.4, -0.2) is 42.0 Å². The van der Waals surface area contributed by atoms with Crippen LogP contribution in [0.15, 0.2) is 72.8 Å². The number of fused-ring (bicyclic) bond motifs is 1. The number of halogens is 1. The van der Waals surface area contributed by atoms with Gasteiger partial charge >= 0.3 is 0 Å². The average molecular weight is 440 g/mol. The first-order valence-electron chi connectivity index (χ1n) is 11.3. The van der Waals surface area contributed by atoms with E-state index in [9.17, 15) is 9.18 Å². The van der Waals surface area contributed by atoms with Crippen LogP contribution in [0.5, 0.6) is 0 Å². The van der Waals surface area contributed by atoms with Crippen LogP contribution < -0.4 is 4.90 Å². The van der Waals surface area contributed by atoms with E-state index in [4.69, 9.17) is 4.98 Å². The van der Waals surface area contributed by atoms with Gasteiger partial charge in [0.05, 0.1) is 22.5 Å². The number of anilines is 1. The normalized spacial score (nSPS) is 14.0. The largest absolute Gasteiger partial charge is 0.366 e. The van der Waals surface area contributed by atoms with Gasteiger partial charge in [-0.3, -0.25) is 4.79 Å². The third-order valence-corrected chi connectivity index (χ3v) is 6.43. The van der Waals surface area contributed by atoms with Gasteiger partial charge in [0.1, 0.15) is 5.82 Å². The molecule has 1 fully saturated rings. The summed E-state index contributed by atoms with van der Waals surface area (Å²) >= 11 is 0. The third-order valence-electron chi connectivity index (χ3n) is 6.43. The zero-order chi connectivity index (χ0) is 22.9. The summed E-state index contributed by atoms with van der Waals surface area (Å²) in [4.78, 5) is 22.6. The summed E-state index contributed by atoms with van der Waals surface area (Å²) in [6.07, 6.45) is 0. The van der Waals surface area contributed by atoms with Crippen molar-refractivity contribution in [1.82, 2.24) is 9.88 Å². The molecule has 1 amide bonds. The van der Waals surface area contributed by atoms with E-state index in [0.717, 1.165) is 27.7 Å². The van der Waals surface area contributed by atoms with Crippen LogP contribution in [0.4, 0.5) is 10.1 Å². The number of amides is 1. The summed E-state index contributed by atoms with van der Waals surface area (Å²) in [7, 11) is 0. The molecule has 4 aromatic rings. The van der Waals surface area contributed by atoms with Crippen molar-refractivity contribution >= 4 is 22.5 Å². The molecule has 0 radical (unpaired) electrons. The fourth-order valence-corrected chi connectivity index (χ4v) is 4.59. The lowest BCUT2D eigenvalue weighted by molar-refractivity contribution is 0.0748. The molecular weight excluding hydrogens is 413 g/mol. The molecule has 33 heavy (non-hydrogen) atoms. The minimum atomic E-state index is -0.226. The Morgan fingerprint density at radius 1 is 0.848 bits per heavy atom. The highest BCUT2D eigenvalue weighted by atomic mass is 19.1. The van der Waals surface area contributed by atoms with Crippen LogP contribution in [0.25, 0.3) is 22.2 Å². The summed E-state index contributed by atoms with van der Waals surface area (Å²) in [6, 6.07) is 22.9. The zero-order valence-electron chi connectivity index (χ0n) is 18.9. The highest BCUT2D eigenvalue weighted by Crippen LogP contribution is 2.31. The molecule has 2 heterocycles. The Hall–Kier alpha value is -3.73. The van der Waals surface area contributed by atoms with Crippen molar-refractivity contribution in [3.05, 3.63) is 95.3 Å². The number of aromatic nitrogens is 1. The van der Waals surface area contributed by atoms with Gasteiger partial charge in [-0.05, 0) is 37.6 Å². The maximum Gasteiger partial charge on any atom is 0.255 e. The van der Waals surface area contributed by atoms with Gasteiger partial charge in [-0.15, -0.1) is 0 Å². The predicted octanol–water partition coefficient (Wildman–Crippen LogP) is 5.62. The van der Waals surface area contributed by atoms with E-state index in [-0.39, 0.29) is 11.7 Å². The number of piperazine rings is 1. The highest BCUT2D eigenvalue weighted by Gasteiger charge is 2.27. The molecule has 0 unspecified atom stereocenters. The molecule has 0 spiro atoms. The SMILES string of the molecule is Cc1ccc(-c2nc3ccccc3c(C(=O)N3CCN(c4ccccc4F)CC3)c2C)cc1. The molecule has 1 saturated heterocycles. The Morgan fingerprint density at radius 3 is 2.24 bits per heavy atom. The monoisotopic (exact) mass is 439 g/mol. The Morgan fingerprint density at radius 2 is 1.52 bits per heavy atom. The van der Waals surface area contributed by atoms with Gasteiger partial charge in [-0.1, -0.05) is 60.2 Å². The maximum absolute atomic E-state index is 14.2. The summed E-state index contributed by atoms with van der Waals surface area (Å²) in [5.74, 6) is -0.219. The summed E-state index contributed by atoms with van der Waals surface area (Å²) in [6.45, 7) is 6.32. The fourth-order valence-electron chi connectivity index (χ4n) is 4.59. The second-order valence-corrected chi connectivity index (χ2v) is 8.57. The van der Waals surface area contributed by atoms with Crippen molar-refractivity contribution in [3.8, 4) is 11.3 Å². The summed E-state index contributed by atoms with van der Waals surface area (Å²) in [5, 5.41) is 0.868. The van der Waals surface area contributed by atoms with Gasteiger partial charge < -0.3 is 9.80 Å². The molecule has 1 aromatic heterocycles. The van der Waals surface area contributed by atoms with Crippen molar-refractivity contribution in [2.75, 3.05) is 31.1 Å². The molecule has 0 bridgehead atoms. The molecule has 0 atom stereocenters. The topological polar surface area (TPSA) is 36.4 Å². The first-order chi connectivity index (χ1) is 16.0. The number of carbonyl (C=O) groups excluding carboxylic acids is 1. The van der Waals surface area contributed by atoms with Gasteiger partial charge in [-0.2, -0.15) is 0 Å². The van der Waals surface area contributed by atoms with Crippen molar-refractivity contribution < 1.29 is 9.18 Å². The predicted molar refractivity (Wildman–Crippen MR) is 131 cm³/mol. The minimum absolute atomic E-state index is 0.00708. The molecule has 5 rings (SSSR count). The van der Waals surface area contributed by atoms with Crippen LogP contribution in [0.2, 0.25) is 0 Å². The van der Waals surface area contributed by atoms with Crippen LogP contribution in [0.3, 0.4) is 0 Å². The van der Waals surface area contributed by atoms with Crippen molar-refractivity contribution in [2.24, 2.45) is 0 Å². The van der Waals surface area contributed by atoms with Crippen LogP contribution in [0.1, 0.15) is 21.5 Å². The standard InChI is InChI=1S/C28H26FN3O/c1-19-11-13-21(14-12-19)27-20(2)26(22-7-3-5-9-24(22)30-27)28(33)32-17-15-31(16-18-32)25-10-6-4-8-23(25)29/h3-14H,15-18H2,1-2H3. The van der Waals surface area contributed by atoms with E-state index in [2.05, 4.69) is 31.2 Å². The Bertz CT molecular complexity index is 1330. The third kappa shape index (κ3) is 3.95. The Balaban J connectivity index is 1.49. The van der Waals surface area contributed by atoms with E-state index in [1.54, 1.807) is 12.1 Å². The van der Waals surface area contributed by atoms with E-state index in [1.165, 1.54) is 11.6 Å². The van der Waals surface area contributed by atoms with E-state index in [0.29, 0.717) is 37.4 Å². The molecule has 1 aliphatic rings. The molecule has 1 aliphatic heterocycles. The number of pyridine rings is 1. The number of hydrogen-bond donors (Lipinski definition) is 0. The Kier molecular flexibility index (Phi) is 5.55. The average Bonchev–Trinajstić information content (AvgIpc) is 2.84. The second-order valence-electron chi connectivity index (χ2n) is 8.57. The molecule has 3 aromatic carbocycles. The molecule has 4 nitrogen and oxygen atoms in total. The number of para-hydroxylation sites is 2. The minimum Gasteiger partial charge on any atom is -0.366 e. The maximum atomic E-state index is 14.2. The second kappa shape index (κ2) is 8.66. The number of aryl methyl sites for hydroxylation is 1. The molecule has 5 heteroatoms. The van der Waals surface area contributed by atoms with Gasteiger partial charge in [-0.25, -0.2) is 9.37 Å². The van der Waals surface area contributed by atoms with E-state index >= 15 is 0 Å². The highest BCUT2D eigenvalue weighted by molar-refractivity contribution is 6.09.